The summed E-state index contributed by atoms with van der Waals surface area (Å²) in [6, 6.07) is 4.90. The molecular formula is C14H21Cl3N2O2. The van der Waals surface area contributed by atoms with Crippen molar-refractivity contribution in [3.63, 3.8) is 0 Å². The van der Waals surface area contributed by atoms with Gasteiger partial charge in [0, 0.05) is 18.1 Å². The molecule has 21 heavy (non-hydrogen) atoms. The van der Waals surface area contributed by atoms with E-state index in [9.17, 15) is 4.79 Å². The highest BCUT2D eigenvalue weighted by Crippen LogP contribution is 2.28. The largest absolute Gasteiger partial charge is 0.479 e. The van der Waals surface area contributed by atoms with Crippen molar-refractivity contribution in [2.24, 2.45) is 0 Å². The van der Waals surface area contributed by atoms with Crippen LogP contribution in [0.4, 0.5) is 0 Å². The highest BCUT2D eigenvalue weighted by molar-refractivity contribution is 6.35. The van der Waals surface area contributed by atoms with Crippen molar-refractivity contribution in [1.82, 2.24) is 10.6 Å². The van der Waals surface area contributed by atoms with Gasteiger partial charge in [0.15, 0.2) is 6.10 Å². The van der Waals surface area contributed by atoms with E-state index in [1.54, 1.807) is 25.1 Å². The average Bonchev–Trinajstić information content (AvgIpc) is 2.41. The molecule has 2 N–H and O–H groups in total. The normalized spacial score (nSPS) is 11.4. The molecule has 0 fully saturated rings. The van der Waals surface area contributed by atoms with E-state index in [0.29, 0.717) is 22.3 Å². The van der Waals surface area contributed by atoms with Crippen molar-refractivity contribution in [3.8, 4) is 5.75 Å². The minimum Gasteiger partial charge on any atom is -0.479 e. The van der Waals surface area contributed by atoms with Gasteiger partial charge in [-0.1, -0.05) is 30.1 Å². The van der Waals surface area contributed by atoms with E-state index in [1.807, 2.05) is 0 Å². The molecule has 120 valence electrons. The Morgan fingerprint density at radius 3 is 2.62 bits per heavy atom. The molecule has 1 atom stereocenters. The Balaban J connectivity index is 0.00000400. The summed E-state index contributed by atoms with van der Waals surface area (Å²) >= 11 is 11.8. The van der Waals surface area contributed by atoms with Crippen molar-refractivity contribution in [2.75, 3.05) is 19.6 Å². The molecule has 0 aliphatic carbocycles. The molecule has 1 amide bonds. The van der Waals surface area contributed by atoms with Crippen LogP contribution in [0.15, 0.2) is 18.2 Å². The van der Waals surface area contributed by atoms with Crippen molar-refractivity contribution < 1.29 is 9.53 Å². The fraction of sp³-hybridized carbons (Fsp3) is 0.500. The summed E-state index contributed by atoms with van der Waals surface area (Å²) in [6.45, 7) is 6.04. The second-order valence-electron chi connectivity index (χ2n) is 4.38. The Hall–Kier alpha value is -0.680. The highest BCUT2D eigenvalue weighted by Gasteiger charge is 2.15. The Morgan fingerprint density at radius 1 is 1.29 bits per heavy atom. The molecule has 0 heterocycles. The Bertz CT molecular complexity index is 444. The van der Waals surface area contributed by atoms with Gasteiger partial charge in [0.1, 0.15) is 5.75 Å². The van der Waals surface area contributed by atoms with Crippen molar-refractivity contribution in [1.29, 1.82) is 0 Å². The molecule has 0 aliphatic heterocycles. The van der Waals surface area contributed by atoms with E-state index in [0.717, 1.165) is 19.5 Å². The molecule has 1 unspecified atom stereocenters. The molecule has 0 saturated heterocycles. The molecule has 0 spiro atoms. The maximum atomic E-state index is 11.8. The third-order valence-corrected chi connectivity index (χ3v) is 3.13. The molecule has 0 radical (unpaired) electrons. The van der Waals surface area contributed by atoms with Crippen LogP contribution in [0, 0.1) is 0 Å². The van der Waals surface area contributed by atoms with E-state index in [1.165, 1.54) is 0 Å². The summed E-state index contributed by atoms with van der Waals surface area (Å²) in [5, 5.41) is 6.92. The van der Waals surface area contributed by atoms with Crippen LogP contribution in [0.5, 0.6) is 5.75 Å². The zero-order valence-corrected chi connectivity index (χ0v) is 14.4. The third kappa shape index (κ3) is 7.77. The van der Waals surface area contributed by atoms with Crippen LogP contribution in [-0.2, 0) is 4.79 Å². The van der Waals surface area contributed by atoms with Gasteiger partial charge in [0.2, 0.25) is 0 Å². The maximum Gasteiger partial charge on any atom is 0.260 e. The first kappa shape index (κ1) is 20.3. The lowest BCUT2D eigenvalue weighted by molar-refractivity contribution is -0.127. The van der Waals surface area contributed by atoms with Gasteiger partial charge in [-0.25, -0.2) is 0 Å². The van der Waals surface area contributed by atoms with E-state index in [2.05, 4.69) is 17.6 Å². The number of ether oxygens (including phenoxy) is 1. The standard InChI is InChI=1S/C14H20Cl2N2O2.ClH/c1-3-6-17-7-8-18-14(19)10(2)20-13-5-4-11(15)9-12(13)16;/h4-5,9-10,17H,3,6-8H2,1-2H3,(H,18,19);1H. The highest BCUT2D eigenvalue weighted by atomic mass is 35.5. The predicted molar refractivity (Wildman–Crippen MR) is 90.0 cm³/mol. The molecule has 0 bridgehead atoms. The van der Waals surface area contributed by atoms with Crippen LogP contribution in [0.2, 0.25) is 10.0 Å². The lowest BCUT2D eigenvalue weighted by atomic mass is 10.3. The molecule has 1 aromatic carbocycles. The summed E-state index contributed by atoms with van der Waals surface area (Å²) in [7, 11) is 0. The Kier molecular flexibility index (Phi) is 10.6. The number of nitrogens with one attached hydrogen (secondary N) is 2. The zero-order chi connectivity index (χ0) is 15.0. The molecular weight excluding hydrogens is 335 g/mol. The fourth-order valence-corrected chi connectivity index (χ4v) is 1.99. The van der Waals surface area contributed by atoms with Crippen molar-refractivity contribution in [2.45, 2.75) is 26.4 Å². The van der Waals surface area contributed by atoms with Gasteiger partial charge in [-0.2, -0.15) is 0 Å². The second-order valence-corrected chi connectivity index (χ2v) is 5.22. The van der Waals surface area contributed by atoms with Crippen molar-refractivity contribution >= 4 is 41.5 Å². The van der Waals surface area contributed by atoms with Gasteiger partial charge in [-0.3, -0.25) is 4.79 Å². The van der Waals surface area contributed by atoms with E-state index < -0.39 is 6.10 Å². The topological polar surface area (TPSA) is 50.4 Å². The van der Waals surface area contributed by atoms with Crippen molar-refractivity contribution in [3.05, 3.63) is 28.2 Å². The summed E-state index contributed by atoms with van der Waals surface area (Å²) < 4.78 is 5.52. The van der Waals surface area contributed by atoms with Crippen LogP contribution in [-0.4, -0.2) is 31.6 Å². The Labute approximate surface area is 141 Å². The van der Waals surface area contributed by atoms with E-state index in [-0.39, 0.29) is 18.3 Å². The molecule has 1 aromatic rings. The van der Waals surface area contributed by atoms with Gasteiger partial charge in [0.25, 0.3) is 5.91 Å². The summed E-state index contributed by atoms with van der Waals surface area (Å²) in [5.74, 6) is 0.275. The summed E-state index contributed by atoms with van der Waals surface area (Å²) in [4.78, 5) is 11.8. The lowest BCUT2D eigenvalue weighted by Crippen LogP contribution is -2.39. The number of carbonyl (C=O) groups is 1. The molecule has 0 aromatic heterocycles. The monoisotopic (exact) mass is 354 g/mol. The van der Waals surface area contributed by atoms with Gasteiger partial charge in [-0.05, 0) is 38.1 Å². The predicted octanol–water partition coefficient (Wildman–Crippen LogP) is 3.30. The zero-order valence-electron chi connectivity index (χ0n) is 12.1. The summed E-state index contributed by atoms with van der Waals surface area (Å²) in [5.41, 5.74) is 0. The van der Waals surface area contributed by atoms with Crippen LogP contribution in [0.1, 0.15) is 20.3 Å². The Morgan fingerprint density at radius 2 is 2.00 bits per heavy atom. The number of halogens is 3. The number of hydrogen-bond acceptors (Lipinski definition) is 3. The maximum absolute atomic E-state index is 11.8. The summed E-state index contributed by atoms with van der Waals surface area (Å²) in [6.07, 6.45) is 0.461. The van der Waals surface area contributed by atoms with Crippen LogP contribution >= 0.6 is 35.6 Å². The number of amides is 1. The first-order chi connectivity index (χ1) is 9.54. The van der Waals surface area contributed by atoms with E-state index >= 15 is 0 Å². The second kappa shape index (κ2) is 11.0. The molecule has 7 heteroatoms. The number of rotatable bonds is 8. The van der Waals surface area contributed by atoms with Crippen LogP contribution in [0.3, 0.4) is 0 Å². The molecule has 0 aliphatic rings. The molecule has 4 nitrogen and oxygen atoms in total. The van der Waals surface area contributed by atoms with Gasteiger partial charge >= 0.3 is 0 Å². The SMILES string of the molecule is CCCNCCNC(=O)C(C)Oc1ccc(Cl)cc1Cl.Cl. The first-order valence-corrected chi connectivity index (χ1v) is 7.40. The smallest absolute Gasteiger partial charge is 0.260 e. The molecule has 0 saturated carbocycles. The van der Waals surface area contributed by atoms with Crippen LogP contribution < -0.4 is 15.4 Å². The number of benzene rings is 1. The van der Waals surface area contributed by atoms with Gasteiger partial charge < -0.3 is 15.4 Å². The third-order valence-electron chi connectivity index (χ3n) is 2.59. The van der Waals surface area contributed by atoms with Gasteiger partial charge in [-0.15, -0.1) is 12.4 Å². The lowest BCUT2D eigenvalue weighted by Gasteiger charge is -2.15. The minimum absolute atomic E-state index is 0. The number of hydrogen-bond donors (Lipinski definition) is 2. The van der Waals surface area contributed by atoms with E-state index in [4.69, 9.17) is 27.9 Å². The number of carbonyl (C=O) groups excluding carboxylic acids is 1. The van der Waals surface area contributed by atoms with Crippen LogP contribution in [0.25, 0.3) is 0 Å². The van der Waals surface area contributed by atoms with Gasteiger partial charge in [0.05, 0.1) is 5.02 Å². The first-order valence-electron chi connectivity index (χ1n) is 6.64. The minimum atomic E-state index is -0.611. The average molecular weight is 356 g/mol. The quantitative estimate of drug-likeness (QED) is 0.704. The molecule has 1 rings (SSSR count). The fourth-order valence-electron chi connectivity index (χ4n) is 1.53.